The molecule has 3 aromatic rings. The van der Waals surface area contributed by atoms with Crippen LogP contribution in [0.5, 0.6) is 0 Å². The second kappa shape index (κ2) is 6.13. The lowest BCUT2D eigenvalue weighted by molar-refractivity contribution is -0.657. The molecule has 25 heavy (non-hydrogen) atoms. The van der Waals surface area contributed by atoms with Crippen molar-refractivity contribution in [2.45, 2.75) is 20.0 Å². The summed E-state index contributed by atoms with van der Waals surface area (Å²) in [6, 6.07) is 19.0. The summed E-state index contributed by atoms with van der Waals surface area (Å²) in [7, 11) is 2.09. The van der Waals surface area contributed by atoms with Gasteiger partial charge < -0.3 is 4.90 Å². The third kappa shape index (κ3) is 2.60. The highest BCUT2D eigenvalue weighted by atomic mass is 15.5. The number of para-hydroxylation sites is 2. The van der Waals surface area contributed by atoms with Gasteiger partial charge >= 0.3 is 5.95 Å². The van der Waals surface area contributed by atoms with Crippen LogP contribution < -0.4 is 14.4 Å². The van der Waals surface area contributed by atoms with E-state index in [1.807, 2.05) is 6.07 Å². The first kappa shape index (κ1) is 15.5. The number of benzene rings is 2. The summed E-state index contributed by atoms with van der Waals surface area (Å²) in [5.41, 5.74) is 3.69. The van der Waals surface area contributed by atoms with E-state index in [-0.39, 0.29) is 6.17 Å². The molecule has 4 heteroatoms. The third-order valence-corrected chi connectivity index (χ3v) is 4.82. The lowest BCUT2D eigenvalue weighted by Crippen LogP contribution is -2.43. The molecule has 0 saturated carbocycles. The first-order valence-electron chi connectivity index (χ1n) is 8.60. The Labute approximate surface area is 148 Å². The quantitative estimate of drug-likeness (QED) is 0.679. The van der Waals surface area contributed by atoms with Gasteiger partial charge in [-0.1, -0.05) is 36.4 Å². The zero-order valence-electron chi connectivity index (χ0n) is 14.9. The number of imidazole rings is 1. The first-order chi connectivity index (χ1) is 12.2. The van der Waals surface area contributed by atoms with Crippen molar-refractivity contribution in [1.29, 1.82) is 0 Å². The van der Waals surface area contributed by atoms with Gasteiger partial charge in [0.05, 0.1) is 19.4 Å². The van der Waals surface area contributed by atoms with E-state index in [0.29, 0.717) is 0 Å². The van der Waals surface area contributed by atoms with Crippen LogP contribution in [0.4, 0.5) is 11.6 Å². The van der Waals surface area contributed by atoms with Gasteiger partial charge in [0.1, 0.15) is 11.9 Å². The van der Waals surface area contributed by atoms with Crippen LogP contribution >= 0.6 is 0 Å². The molecule has 0 radical (unpaired) electrons. The summed E-state index contributed by atoms with van der Waals surface area (Å²) < 4.78 is 4.39. The SMILES string of the molecule is Cc1ccccc1N1C=CN(c2n(-c3ccccc3)cc[n+]2C)[C@@H]1C. The molecule has 0 bridgehead atoms. The first-order valence-corrected chi connectivity index (χ1v) is 8.60. The predicted octanol–water partition coefficient (Wildman–Crippen LogP) is 3.75. The molecule has 1 atom stereocenters. The van der Waals surface area contributed by atoms with Gasteiger partial charge in [-0.25, -0.2) is 14.0 Å². The van der Waals surface area contributed by atoms with E-state index in [4.69, 9.17) is 0 Å². The van der Waals surface area contributed by atoms with Crippen molar-refractivity contribution in [3.63, 3.8) is 0 Å². The summed E-state index contributed by atoms with van der Waals surface area (Å²) >= 11 is 0. The average molecular weight is 331 g/mol. The Bertz CT molecular complexity index is 911. The fourth-order valence-electron chi connectivity index (χ4n) is 3.46. The van der Waals surface area contributed by atoms with Gasteiger partial charge in [-0.2, -0.15) is 0 Å². The van der Waals surface area contributed by atoms with Crippen molar-refractivity contribution in [3.05, 3.63) is 85.0 Å². The zero-order chi connectivity index (χ0) is 17.4. The molecule has 126 valence electrons. The molecule has 1 aliphatic heterocycles. The van der Waals surface area contributed by atoms with Gasteiger partial charge in [-0.3, -0.25) is 0 Å². The maximum atomic E-state index is 2.32. The van der Waals surface area contributed by atoms with Crippen LogP contribution in [-0.2, 0) is 7.05 Å². The molecule has 0 fully saturated rings. The topological polar surface area (TPSA) is 15.3 Å². The molecule has 0 saturated heterocycles. The van der Waals surface area contributed by atoms with Gasteiger partial charge in [-0.05, 0) is 37.6 Å². The largest absolute Gasteiger partial charge is 0.370 e. The Morgan fingerprint density at radius 2 is 1.56 bits per heavy atom. The molecular weight excluding hydrogens is 308 g/mol. The molecule has 4 rings (SSSR count). The molecular formula is C21H23N4+. The molecule has 0 spiro atoms. The van der Waals surface area contributed by atoms with Crippen LogP contribution in [-0.4, -0.2) is 10.7 Å². The highest BCUT2D eigenvalue weighted by Crippen LogP contribution is 2.30. The van der Waals surface area contributed by atoms with Gasteiger partial charge in [0, 0.05) is 11.9 Å². The Kier molecular flexibility index (Phi) is 3.80. The molecule has 0 aliphatic carbocycles. The van der Waals surface area contributed by atoms with Crippen molar-refractivity contribution < 1.29 is 4.57 Å². The zero-order valence-corrected chi connectivity index (χ0v) is 14.9. The normalized spacial score (nSPS) is 16.7. The number of hydrogen-bond acceptors (Lipinski definition) is 2. The van der Waals surface area contributed by atoms with Gasteiger partial charge in [0.2, 0.25) is 0 Å². The second-order valence-electron chi connectivity index (χ2n) is 6.45. The van der Waals surface area contributed by atoms with E-state index in [1.54, 1.807) is 0 Å². The Morgan fingerprint density at radius 1 is 0.880 bits per heavy atom. The van der Waals surface area contributed by atoms with Crippen LogP contribution in [0.2, 0.25) is 0 Å². The minimum Gasteiger partial charge on any atom is -0.312 e. The lowest BCUT2D eigenvalue weighted by atomic mass is 10.2. The summed E-state index contributed by atoms with van der Waals surface area (Å²) in [5, 5.41) is 0. The summed E-state index contributed by atoms with van der Waals surface area (Å²) in [4.78, 5) is 4.62. The van der Waals surface area contributed by atoms with E-state index in [0.717, 1.165) is 11.6 Å². The van der Waals surface area contributed by atoms with Crippen molar-refractivity contribution in [2.24, 2.45) is 7.05 Å². The van der Waals surface area contributed by atoms with Gasteiger partial charge in [-0.15, -0.1) is 0 Å². The maximum absolute atomic E-state index is 2.32. The molecule has 0 amide bonds. The van der Waals surface area contributed by atoms with Crippen LogP contribution in [0, 0.1) is 6.92 Å². The number of hydrogen-bond donors (Lipinski definition) is 0. The monoisotopic (exact) mass is 331 g/mol. The number of nitrogens with zero attached hydrogens (tertiary/aromatic N) is 4. The number of rotatable bonds is 3. The van der Waals surface area contributed by atoms with Crippen LogP contribution in [0.1, 0.15) is 12.5 Å². The molecule has 0 N–H and O–H groups in total. The van der Waals surface area contributed by atoms with Crippen molar-refractivity contribution in [3.8, 4) is 5.69 Å². The molecule has 0 unspecified atom stereocenters. The van der Waals surface area contributed by atoms with Gasteiger partial charge in [0.15, 0.2) is 6.17 Å². The second-order valence-corrected chi connectivity index (χ2v) is 6.45. The smallest absolute Gasteiger partial charge is 0.312 e. The maximum Gasteiger partial charge on any atom is 0.370 e. The fourth-order valence-corrected chi connectivity index (χ4v) is 3.46. The van der Waals surface area contributed by atoms with E-state index < -0.39 is 0 Å². The number of aryl methyl sites for hydroxylation is 2. The lowest BCUT2D eigenvalue weighted by Gasteiger charge is -2.26. The minimum atomic E-state index is 0.199. The average Bonchev–Trinajstić information content (AvgIpc) is 3.19. The fraction of sp³-hybridized carbons (Fsp3) is 0.190. The summed E-state index contributed by atoms with van der Waals surface area (Å²) in [6.07, 6.45) is 8.73. The van der Waals surface area contributed by atoms with Crippen molar-refractivity contribution >= 4 is 11.6 Å². The van der Waals surface area contributed by atoms with Crippen molar-refractivity contribution in [1.82, 2.24) is 4.57 Å². The highest BCUT2D eigenvalue weighted by Gasteiger charge is 2.34. The van der Waals surface area contributed by atoms with E-state index in [9.17, 15) is 0 Å². The van der Waals surface area contributed by atoms with E-state index >= 15 is 0 Å². The molecule has 2 aromatic carbocycles. The molecule has 1 aliphatic rings. The molecule has 4 nitrogen and oxygen atoms in total. The Balaban J connectivity index is 1.72. The number of aromatic nitrogens is 2. The predicted molar refractivity (Wildman–Crippen MR) is 102 cm³/mol. The third-order valence-electron chi connectivity index (χ3n) is 4.82. The molecule has 2 heterocycles. The standard InChI is InChI=1S/C21H23N4/c1-17-9-7-8-12-20(17)23-15-16-24(18(23)2)21-22(3)13-14-25(21)19-10-5-4-6-11-19/h4-16,18H,1-3H3/q+1/t18-/m1/s1. The minimum absolute atomic E-state index is 0.199. The summed E-state index contributed by atoms with van der Waals surface area (Å²) in [6.45, 7) is 4.39. The van der Waals surface area contributed by atoms with E-state index in [1.165, 1.54) is 11.3 Å². The highest BCUT2D eigenvalue weighted by molar-refractivity contribution is 5.61. The number of anilines is 2. The summed E-state index contributed by atoms with van der Waals surface area (Å²) in [5.74, 6) is 1.13. The van der Waals surface area contributed by atoms with Crippen LogP contribution in [0.15, 0.2) is 79.4 Å². The van der Waals surface area contributed by atoms with Crippen LogP contribution in [0.25, 0.3) is 5.69 Å². The Hall–Kier alpha value is -3.01. The van der Waals surface area contributed by atoms with Gasteiger partial charge in [0.25, 0.3) is 0 Å². The van der Waals surface area contributed by atoms with E-state index in [2.05, 4.69) is 113 Å². The molecule has 1 aromatic heterocycles. The Morgan fingerprint density at radius 3 is 2.32 bits per heavy atom. The van der Waals surface area contributed by atoms with Crippen molar-refractivity contribution in [2.75, 3.05) is 9.80 Å². The van der Waals surface area contributed by atoms with Crippen LogP contribution in [0.3, 0.4) is 0 Å².